The van der Waals surface area contributed by atoms with E-state index in [0.29, 0.717) is 10.9 Å². The maximum atomic E-state index is 13.6. The molecule has 5 nitrogen and oxygen atoms in total. The first-order valence-corrected chi connectivity index (χ1v) is 6.72. The standard InChI is InChI=1S/C12H15BrFN5/c1-2-19-12(16-7-17-19)6-11(18-15)8-3-4-9(13)10(14)5-8/h3-5,7,11,18H,2,6,15H2,1H3. The number of halogens is 2. The lowest BCUT2D eigenvalue weighted by atomic mass is 10.0. The topological polar surface area (TPSA) is 68.8 Å². The van der Waals surface area contributed by atoms with Gasteiger partial charge in [0.1, 0.15) is 18.0 Å². The maximum Gasteiger partial charge on any atom is 0.138 e. The minimum absolute atomic E-state index is 0.211. The van der Waals surface area contributed by atoms with E-state index in [1.54, 1.807) is 10.7 Å². The third-order valence-electron chi connectivity index (χ3n) is 2.93. The maximum absolute atomic E-state index is 13.6. The van der Waals surface area contributed by atoms with Crippen LogP contribution in [-0.2, 0) is 13.0 Å². The highest BCUT2D eigenvalue weighted by Crippen LogP contribution is 2.22. The summed E-state index contributed by atoms with van der Waals surface area (Å²) in [5.41, 5.74) is 3.46. The first-order valence-electron chi connectivity index (χ1n) is 5.93. The molecule has 102 valence electrons. The number of hydrogen-bond donors (Lipinski definition) is 2. The van der Waals surface area contributed by atoms with E-state index in [2.05, 4.69) is 31.4 Å². The van der Waals surface area contributed by atoms with Crippen LogP contribution in [0.5, 0.6) is 0 Å². The first kappa shape index (κ1) is 14.1. The summed E-state index contributed by atoms with van der Waals surface area (Å²) in [5.74, 6) is 6.06. The minimum atomic E-state index is -0.310. The Bertz CT molecular complexity index is 557. The molecule has 0 saturated carbocycles. The molecule has 7 heteroatoms. The van der Waals surface area contributed by atoms with Crippen LogP contribution in [0, 0.1) is 5.82 Å². The van der Waals surface area contributed by atoms with E-state index in [0.717, 1.165) is 17.9 Å². The van der Waals surface area contributed by atoms with Crippen molar-refractivity contribution in [3.8, 4) is 0 Å². The summed E-state index contributed by atoms with van der Waals surface area (Å²) in [7, 11) is 0. The van der Waals surface area contributed by atoms with Crippen molar-refractivity contribution >= 4 is 15.9 Å². The van der Waals surface area contributed by atoms with Crippen molar-refractivity contribution in [1.82, 2.24) is 20.2 Å². The number of rotatable bonds is 5. The predicted octanol–water partition coefficient (Wildman–Crippen LogP) is 1.95. The zero-order chi connectivity index (χ0) is 13.8. The molecule has 2 rings (SSSR count). The summed E-state index contributed by atoms with van der Waals surface area (Å²) in [6, 6.07) is 4.74. The monoisotopic (exact) mass is 327 g/mol. The summed E-state index contributed by atoms with van der Waals surface area (Å²) in [6.45, 7) is 2.73. The number of nitrogens with zero attached hydrogens (tertiary/aromatic N) is 3. The highest BCUT2D eigenvalue weighted by molar-refractivity contribution is 9.10. The van der Waals surface area contributed by atoms with Gasteiger partial charge < -0.3 is 0 Å². The number of aromatic nitrogens is 3. The van der Waals surface area contributed by atoms with Crippen molar-refractivity contribution in [2.45, 2.75) is 25.9 Å². The quantitative estimate of drug-likeness (QED) is 0.650. The van der Waals surface area contributed by atoms with Crippen molar-refractivity contribution in [3.05, 3.63) is 46.2 Å². The number of benzene rings is 1. The predicted molar refractivity (Wildman–Crippen MR) is 73.6 cm³/mol. The first-order chi connectivity index (χ1) is 9.15. The molecule has 2 aromatic rings. The molecule has 1 atom stereocenters. The molecule has 0 spiro atoms. The average Bonchev–Trinajstić information content (AvgIpc) is 2.86. The van der Waals surface area contributed by atoms with E-state index in [-0.39, 0.29) is 11.9 Å². The lowest BCUT2D eigenvalue weighted by molar-refractivity contribution is 0.506. The Morgan fingerprint density at radius 3 is 2.95 bits per heavy atom. The Kier molecular flexibility index (Phi) is 4.62. The lowest BCUT2D eigenvalue weighted by Crippen LogP contribution is -2.30. The van der Waals surface area contributed by atoms with Crippen LogP contribution in [-0.4, -0.2) is 14.8 Å². The molecule has 0 radical (unpaired) electrons. The van der Waals surface area contributed by atoms with Crippen LogP contribution < -0.4 is 11.3 Å². The fraction of sp³-hybridized carbons (Fsp3) is 0.333. The molecule has 1 aromatic carbocycles. The van der Waals surface area contributed by atoms with Crippen LogP contribution in [0.3, 0.4) is 0 Å². The SMILES string of the molecule is CCn1ncnc1CC(NN)c1ccc(Br)c(F)c1. The zero-order valence-electron chi connectivity index (χ0n) is 10.5. The molecule has 0 fully saturated rings. The van der Waals surface area contributed by atoms with E-state index in [9.17, 15) is 4.39 Å². The molecule has 0 saturated heterocycles. The van der Waals surface area contributed by atoms with Gasteiger partial charge in [0.05, 0.1) is 10.5 Å². The van der Waals surface area contributed by atoms with Crippen molar-refractivity contribution < 1.29 is 4.39 Å². The molecule has 19 heavy (non-hydrogen) atoms. The zero-order valence-corrected chi connectivity index (χ0v) is 12.1. The number of nitrogens with two attached hydrogens (primary N) is 1. The number of nitrogens with one attached hydrogen (secondary N) is 1. The molecule has 3 N–H and O–H groups in total. The Morgan fingerprint density at radius 1 is 1.53 bits per heavy atom. The van der Waals surface area contributed by atoms with Crippen molar-refractivity contribution in [1.29, 1.82) is 0 Å². The van der Waals surface area contributed by atoms with E-state index in [1.165, 1.54) is 12.4 Å². The van der Waals surface area contributed by atoms with Gasteiger partial charge in [0.25, 0.3) is 0 Å². The fourth-order valence-corrected chi connectivity index (χ4v) is 2.14. The van der Waals surface area contributed by atoms with Gasteiger partial charge in [-0.2, -0.15) is 5.10 Å². The van der Waals surface area contributed by atoms with Gasteiger partial charge >= 0.3 is 0 Å². The molecule has 0 aliphatic rings. The molecule has 1 unspecified atom stereocenters. The Morgan fingerprint density at radius 2 is 2.32 bits per heavy atom. The molecular formula is C12H15BrFN5. The minimum Gasteiger partial charge on any atom is -0.271 e. The lowest BCUT2D eigenvalue weighted by Gasteiger charge is -2.16. The summed E-state index contributed by atoms with van der Waals surface area (Å²) in [4.78, 5) is 4.19. The molecule has 0 bridgehead atoms. The van der Waals surface area contributed by atoms with Gasteiger partial charge in [-0.1, -0.05) is 6.07 Å². The number of aryl methyl sites for hydroxylation is 1. The van der Waals surface area contributed by atoms with Gasteiger partial charge in [0, 0.05) is 13.0 Å². The largest absolute Gasteiger partial charge is 0.271 e. The summed E-state index contributed by atoms with van der Waals surface area (Å²) < 4.78 is 15.8. The third-order valence-corrected chi connectivity index (χ3v) is 3.57. The van der Waals surface area contributed by atoms with Gasteiger partial charge in [0.15, 0.2) is 0 Å². The molecule has 1 aromatic heterocycles. The highest BCUT2D eigenvalue weighted by atomic mass is 79.9. The van der Waals surface area contributed by atoms with Crippen LogP contribution >= 0.6 is 15.9 Å². The van der Waals surface area contributed by atoms with Crippen LogP contribution in [0.15, 0.2) is 29.0 Å². The second kappa shape index (κ2) is 6.23. The molecular weight excluding hydrogens is 313 g/mol. The molecule has 0 amide bonds. The second-order valence-electron chi connectivity index (χ2n) is 4.09. The van der Waals surface area contributed by atoms with Crippen molar-refractivity contribution in [2.24, 2.45) is 5.84 Å². The number of hydrazine groups is 1. The van der Waals surface area contributed by atoms with E-state index < -0.39 is 0 Å². The van der Waals surface area contributed by atoms with Crippen molar-refractivity contribution in [3.63, 3.8) is 0 Å². The third kappa shape index (κ3) is 3.17. The molecule has 0 aliphatic heterocycles. The molecule has 1 heterocycles. The van der Waals surface area contributed by atoms with Crippen LogP contribution in [0.1, 0.15) is 24.4 Å². The van der Waals surface area contributed by atoms with Gasteiger partial charge in [-0.25, -0.2) is 9.37 Å². The highest BCUT2D eigenvalue weighted by Gasteiger charge is 2.15. The Hall–Kier alpha value is -1.31. The van der Waals surface area contributed by atoms with Crippen LogP contribution in [0.2, 0.25) is 0 Å². The van der Waals surface area contributed by atoms with Crippen molar-refractivity contribution in [2.75, 3.05) is 0 Å². The van der Waals surface area contributed by atoms with Crippen LogP contribution in [0.25, 0.3) is 0 Å². The summed E-state index contributed by atoms with van der Waals surface area (Å²) in [5, 5.41) is 4.10. The average molecular weight is 328 g/mol. The van der Waals surface area contributed by atoms with E-state index in [1.807, 2.05) is 13.0 Å². The van der Waals surface area contributed by atoms with E-state index >= 15 is 0 Å². The molecule has 0 aliphatic carbocycles. The van der Waals surface area contributed by atoms with E-state index in [4.69, 9.17) is 5.84 Å². The van der Waals surface area contributed by atoms with Gasteiger partial charge in [-0.3, -0.25) is 16.0 Å². The van der Waals surface area contributed by atoms with Gasteiger partial charge in [-0.15, -0.1) is 0 Å². The second-order valence-corrected chi connectivity index (χ2v) is 4.94. The van der Waals surface area contributed by atoms with Gasteiger partial charge in [0.2, 0.25) is 0 Å². The normalized spacial score (nSPS) is 12.6. The summed E-state index contributed by atoms with van der Waals surface area (Å²) in [6.07, 6.45) is 2.06. The smallest absolute Gasteiger partial charge is 0.138 e. The number of hydrogen-bond acceptors (Lipinski definition) is 4. The van der Waals surface area contributed by atoms with Crippen LogP contribution in [0.4, 0.5) is 4.39 Å². The summed E-state index contributed by atoms with van der Waals surface area (Å²) >= 11 is 3.13. The van der Waals surface area contributed by atoms with Gasteiger partial charge in [-0.05, 0) is 40.5 Å². The Balaban J connectivity index is 2.22. The Labute approximate surface area is 119 Å². The fourth-order valence-electron chi connectivity index (χ4n) is 1.90.